The number of nitrogens with zero attached hydrogens (tertiary/aromatic N) is 1. The number of rotatable bonds is 4. The highest BCUT2D eigenvalue weighted by atomic mass is 32.1. The molecule has 0 saturated carbocycles. The van der Waals surface area contributed by atoms with Gasteiger partial charge in [-0.05, 0) is 23.6 Å². The molecule has 0 radical (unpaired) electrons. The van der Waals surface area contributed by atoms with E-state index < -0.39 is 0 Å². The zero-order chi connectivity index (χ0) is 13.9. The molecule has 2 aromatic heterocycles. The minimum Gasteiger partial charge on any atom is -0.397 e. The molecule has 0 saturated heterocycles. The normalized spacial score (nSPS) is 11.3. The van der Waals surface area contributed by atoms with Crippen LogP contribution in [0.15, 0.2) is 35.8 Å². The Kier molecular flexibility index (Phi) is 3.85. The van der Waals surface area contributed by atoms with Crippen LogP contribution in [0.25, 0.3) is 0 Å². The van der Waals surface area contributed by atoms with Crippen LogP contribution in [0.2, 0.25) is 0 Å². The maximum Gasteiger partial charge on any atom is 0.272 e. The van der Waals surface area contributed by atoms with Crippen LogP contribution in [0.1, 0.15) is 29.2 Å². The monoisotopic (exact) mass is 275 g/mol. The number of hydrogen-bond donors (Lipinski definition) is 2. The summed E-state index contributed by atoms with van der Waals surface area (Å²) < 4.78 is 0. The molecular formula is C14H17N3OS. The Morgan fingerprint density at radius 3 is 2.84 bits per heavy atom. The van der Waals surface area contributed by atoms with Gasteiger partial charge in [0.2, 0.25) is 0 Å². The second kappa shape index (κ2) is 5.40. The Morgan fingerprint density at radius 2 is 2.21 bits per heavy atom. The molecule has 2 heterocycles. The van der Waals surface area contributed by atoms with E-state index in [4.69, 9.17) is 5.73 Å². The molecule has 0 aromatic carbocycles. The predicted molar refractivity (Wildman–Crippen MR) is 78.3 cm³/mol. The number of amides is 1. The largest absolute Gasteiger partial charge is 0.397 e. The molecule has 0 spiro atoms. The predicted octanol–water partition coefficient (Wildman–Crippen LogP) is 2.43. The molecule has 2 rings (SSSR count). The molecule has 0 aliphatic carbocycles. The fourth-order valence-electron chi connectivity index (χ4n) is 1.74. The highest BCUT2D eigenvalue weighted by molar-refractivity contribution is 7.10. The van der Waals surface area contributed by atoms with Crippen LogP contribution in [0.3, 0.4) is 0 Å². The molecule has 4 nitrogen and oxygen atoms in total. The topological polar surface area (TPSA) is 68.0 Å². The standard InChI is InChI=1S/C14H17N3OS/c1-14(2,11-6-4-8-19-11)9-17-13(18)12-10(15)5-3-7-16-12/h3-8H,9,15H2,1-2H3,(H,17,18). The van der Waals surface area contributed by atoms with Crippen LogP contribution in [-0.4, -0.2) is 17.4 Å². The molecule has 19 heavy (non-hydrogen) atoms. The minimum absolute atomic E-state index is 0.104. The molecule has 0 unspecified atom stereocenters. The first-order valence-electron chi connectivity index (χ1n) is 6.03. The number of thiophene rings is 1. The van der Waals surface area contributed by atoms with Gasteiger partial charge in [-0.1, -0.05) is 19.9 Å². The average molecular weight is 275 g/mol. The maximum atomic E-state index is 12.0. The molecule has 0 fully saturated rings. The fourth-order valence-corrected chi connectivity index (χ4v) is 2.60. The van der Waals surface area contributed by atoms with Crippen LogP contribution in [0, 0.1) is 0 Å². The third kappa shape index (κ3) is 3.12. The first-order chi connectivity index (χ1) is 9.00. The van der Waals surface area contributed by atoms with Crippen molar-refractivity contribution in [3.05, 3.63) is 46.4 Å². The summed E-state index contributed by atoms with van der Waals surface area (Å²) in [4.78, 5) is 17.3. The van der Waals surface area contributed by atoms with Gasteiger partial charge in [0.15, 0.2) is 5.69 Å². The summed E-state index contributed by atoms with van der Waals surface area (Å²) in [6.45, 7) is 4.74. The lowest BCUT2D eigenvalue weighted by molar-refractivity contribution is 0.0942. The highest BCUT2D eigenvalue weighted by Crippen LogP contribution is 2.26. The summed E-state index contributed by atoms with van der Waals surface area (Å²) in [6.07, 6.45) is 1.57. The Balaban J connectivity index is 2.03. The first kappa shape index (κ1) is 13.5. The second-order valence-electron chi connectivity index (χ2n) is 4.99. The Morgan fingerprint density at radius 1 is 1.42 bits per heavy atom. The zero-order valence-electron chi connectivity index (χ0n) is 11.0. The van der Waals surface area contributed by atoms with Crippen LogP contribution in [0.5, 0.6) is 0 Å². The molecule has 100 valence electrons. The molecule has 0 aliphatic heterocycles. The van der Waals surface area contributed by atoms with Crippen molar-refractivity contribution in [3.63, 3.8) is 0 Å². The smallest absolute Gasteiger partial charge is 0.272 e. The molecule has 1 amide bonds. The summed E-state index contributed by atoms with van der Waals surface area (Å²) in [5.41, 5.74) is 6.31. The molecular weight excluding hydrogens is 258 g/mol. The summed E-state index contributed by atoms with van der Waals surface area (Å²) in [7, 11) is 0. The number of nitrogens with two attached hydrogens (primary N) is 1. The van der Waals surface area contributed by atoms with Crippen molar-refractivity contribution in [3.8, 4) is 0 Å². The van der Waals surface area contributed by atoms with Crippen LogP contribution < -0.4 is 11.1 Å². The van der Waals surface area contributed by atoms with Gasteiger partial charge in [-0.15, -0.1) is 11.3 Å². The Bertz CT molecular complexity index is 564. The van der Waals surface area contributed by atoms with Crippen LogP contribution in [-0.2, 0) is 5.41 Å². The average Bonchev–Trinajstić information content (AvgIpc) is 2.91. The lowest BCUT2D eigenvalue weighted by Crippen LogP contribution is -2.36. The molecule has 0 bridgehead atoms. The first-order valence-corrected chi connectivity index (χ1v) is 6.91. The minimum atomic E-state index is -0.234. The lowest BCUT2D eigenvalue weighted by atomic mass is 9.91. The van der Waals surface area contributed by atoms with E-state index in [1.807, 2.05) is 11.4 Å². The van der Waals surface area contributed by atoms with Gasteiger partial charge in [0.1, 0.15) is 0 Å². The van der Waals surface area contributed by atoms with E-state index in [2.05, 4.69) is 30.2 Å². The maximum absolute atomic E-state index is 12.0. The molecule has 0 atom stereocenters. The van der Waals surface area contributed by atoms with Gasteiger partial charge in [0.25, 0.3) is 5.91 Å². The van der Waals surface area contributed by atoms with E-state index in [0.29, 0.717) is 12.2 Å². The SMILES string of the molecule is CC(C)(CNC(=O)c1ncccc1N)c1cccs1. The Labute approximate surface area is 116 Å². The molecule has 0 aliphatic rings. The third-order valence-electron chi connectivity index (χ3n) is 2.93. The van der Waals surface area contributed by atoms with Gasteiger partial charge in [0.05, 0.1) is 5.69 Å². The second-order valence-corrected chi connectivity index (χ2v) is 5.93. The fraction of sp³-hybridized carbons (Fsp3) is 0.286. The third-order valence-corrected chi connectivity index (χ3v) is 4.17. The summed E-state index contributed by atoms with van der Waals surface area (Å²) >= 11 is 1.69. The van der Waals surface area contributed by atoms with Gasteiger partial charge >= 0.3 is 0 Å². The van der Waals surface area contributed by atoms with Gasteiger partial charge in [-0.3, -0.25) is 4.79 Å². The van der Waals surface area contributed by atoms with Gasteiger partial charge in [-0.25, -0.2) is 4.98 Å². The van der Waals surface area contributed by atoms with Crippen molar-refractivity contribution >= 4 is 22.9 Å². The molecule has 5 heteroatoms. The Hall–Kier alpha value is -1.88. The van der Waals surface area contributed by atoms with E-state index in [9.17, 15) is 4.79 Å². The quantitative estimate of drug-likeness (QED) is 0.900. The van der Waals surface area contributed by atoms with Gasteiger partial charge in [0, 0.05) is 23.0 Å². The number of hydrogen-bond acceptors (Lipinski definition) is 4. The number of aromatic nitrogens is 1. The zero-order valence-corrected chi connectivity index (χ0v) is 11.8. The van der Waals surface area contributed by atoms with Crippen LogP contribution >= 0.6 is 11.3 Å². The number of carbonyl (C=O) groups excluding carboxylic acids is 1. The van der Waals surface area contributed by atoms with Crippen molar-refractivity contribution in [1.82, 2.24) is 10.3 Å². The van der Waals surface area contributed by atoms with Crippen LogP contribution in [0.4, 0.5) is 5.69 Å². The summed E-state index contributed by atoms with van der Waals surface area (Å²) in [6, 6.07) is 7.47. The summed E-state index contributed by atoms with van der Waals surface area (Å²) in [5, 5.41) is 4.93. The number of carbonyl (C=O) groups is 1. The van der Waals surface area contributed by atoms with Gasteiger partial charge in [-0.2, -0.15) is 0 Å². The molecule has 3 N–H and O–H groups in total. The van der Waals surface area contributed by atoms with Gasteiger partial charge < -0.3 is 11.1 Å². The van der Waals surface area contributed by atoms with E-state index in [0.717, 1.165) is 0 Å². The van der Waals surface area contributed by atoms with Crippen molar-refractivity contribution in [2.75, 3.05) is 12.3 Å². The van der Waals surface area contributed by atoms with E-state index in [1.54, 1.807) is 29.7 Å². The van der Waals surface area contributed by atoms with E-state index >= 15 is 0 Å². The highest BCUT2D eigenvalue weighted by Gasteiger charge is 2.23. The number of nitrogens with one attached hydrogen (secondary N) is 1. The van der Waals surface area contributed by atoms with E-state index in [-0.39, 0.29) is 17.0 Å². The summed E-state index contributed by atoms with van der Waals surface area (Å²) in [5.74, 6) is -0.234. The van der Waals surface area contributed by atoms with E-state index in [1.165, 1.54) is 4.88 Å². The van der Waals surface area contributed by atoms with Crippen molar-refractivity contribution in [1.29, 1.82) is 0 Å². The van der Waals surface area contributed by atoms with Crippen molar-refractivity contribution < 1.29 is 4.79 Å². The number of anilines is 1. The lowest BCUT2D eigenvalue weighted by Gasteiger charge is -2.23. The van der Waals surface area contributed by atoms with Crippen molar-refractivity contribution in [2.45, 2.75) is 19.3 Å². The molecule has 2 aromatic rings. The number of pyridine rings is 1. The number of nitrogen functional groups attached to an aromatic ring is 1. The van der Waals surface area contributed by atoms with Crippen molar-refractivity contribution in [2.24, 2.45) is 0 Å².